The number of ether oxygens (including phenoxy) is 3. The first kappa shape index (κ1) is 40.3. The number of hydrogen-bond acceptors (Lipinski definition) is 8. The number of carbonyl (C=O) groups is 4. The van der Waals surface area contributed by atoms with Crippen LogP contribution in [0.25, 0.3) is 0 Å². The Labute approximate surface area is 320 Å². The van der Waals surface area contributed by atoms with E-state index in [0.29, 0.717) is 37.7 Å². The molecular formula is C41H52BrN3O8. The number of halogens is 1. The van der Waals surface area contributed by atoms with Crippen LogP contribution in [-0.4, -0.2) is 95.7 Å². The van der Waals surface area contributed by atoms with Gasteiger partial charge in [0.1, 0.15) is 17.7 Å². The number of carbonyl (C=O) groups excluding carboxylic acids is 4. The third-order valence-electron chi connectivity index (χ3n) is 10.6. The summed E-state index contributed by atoms with van der Waals surface area (Å²) in [6, 6.07) is 13.2. The molecule has 0 radical (unpaired) electrons. The molecule has 2 aromatic rings. The molecule has 0 saturated carbocycles. The number of hydrogen-bond donors (Lipinski definition) is 2. The summed E-state index contributed by atoms with van der Waals surface area (Å²) in [5, 5.41) is 12.4. The quantitative estimate of drug-likeness (QED) is 0.0868. The fraction of sp³-hybridized carbons (Fsp3) is 0.512. The molecule has 2 N–H and O–H groups in total. The predicted molar refractivity (Wildman–Crippen MR) is 205 cm³/mol. The van der Waals surface area contributed by atoms with E-state index in [4.69, 9.17) is 14.2 Å². The summed E-state index contributed by atoms with van der Waals surface area (Å²) in [4.78, 5) is 60.3. The second-order valence-corrected chi connectivity index (χ2v) is 15.4. The van der Waals surface area contributed by atoms with Gasteiger partial charge >= 0.3 is 5.97 Å². The number of aliphatic hydroxyl groups is 1. The maximum absolute atomic E-state index is 15.1. The second kappa shape index (κ2) is 18.0. The zero-order chi connectivity index (χ0) is 38.3. The van der Waals surface area contributed by atoms with Gasteiger partial charge in [0.05, 0.1) is 30.6 Å². The molecule has 3 heterocycles. The molecule has 53 heavy (non-hydrogen) atoms. The monoisotopic (exact) mass is 793 g/mol. The van der Waals surface area contributed by atoms with Gasteiger partial charge in [-0.15, -0.1) is 13.2 Å². The van der Waals surface area contributed by atoms with Crippen molar-refractivity contribution in [2.75, 3.05) is 38.3 Å². The molecule has 1 unspecified atom stereocenters. The van der Waals surface area contributed by atoms with Gasteiger partial charge in [0.25, 0.3) is 5.91 Å². The van der Waals surface area contributed by atoms with E-state index in [1.807, 2.05) is 62.4 Å². The number of rotatable bonds is 19. The van der Waals surface area contributed by atoms with Crippen LogP contribution in [0.4, 0.5) is 5.69 Å². The lowest BCUT2D eigenvalue weighted by atomic mass is 9.70. The van der Waals surface area contributed by atoms with E-state index in [0.717, 1.165) is 16.8 Å². The number of methoxy groups -OCH3 is 1. The third-order valence-corrected chi connectivity index (χ3v) is 11.5. The smallest absolute Gasteiger partial charge is 0.313 e. The highest BCUT2D eigenvalue weighted by Crippen LogP contribution is 2.60. The Morgan fingerprint density at radius 1 is 1.09 bits per heavy atom. The maximum atomic E-state index is 15.1. The second-order valence-electron chi connectivity index (χ2n) is 14.2. The topological polar surface area (TPSA) is 135 Å². The highest BCUT2D eigenvalue weighted by Gasteiger charge is 2.77. The zero-order valence-electron chi connectivity index (χ0n) is 30.9. The van der Waals surface area contributed by atoms with Crippen molar-refractivity contribution in [3.63, 3.8) is 0 Å². The van der Waals surface area contributed by atoms with Crippen molar-refractivity contribution in [1.82, 2.24) is 10.2 Å². The third kappa shape index (κ3) is 8.16. The summed E-state index contributed by atoms with van der Waals surface area (Å²) in [5.41, 5.74) is 1.88. The van der Waals surface area contributed by atoms with E-state index in [9.17, 15) is 19.5 Å². The van der Waals surface area contributed by atoms with Crippen LogP contribution in [0, 0.1) is 25.7 Å². The Kier molecular flexibility index (Phi) is 13.7. The van der Waals surface area contributed by atoms with Crippen LogP contribution in [0.5, 0.6) is 0 Å². The van der Waals surface area contributed by atoms with E-state index in [-0.39, 0.29) is 55.3 Å². The summed E-state index contributed by atoms with van der Waals surface area (Å²) in [5.74, 6) is -3.55. The van der Waals surface area contributed by atoms with Gasteiger partial charge in [0.2, 0.25) is 11.8 Å². The summed E-state index contributed by atoms with van der Waals surface area (Å²) in [6.45, 7) is 12.1. The average molecular weight is 795 g/mol. The van der Waals surface area contributed by atoms with Crippen LogP contribution in [-0.2, 0) is 33.4 Å². The van der Waals surface area contributed by atoms with E-state index in [1.165, 1.54) is 7.11 Å². The Bertz CT molecular complexity index is 1630. The molecule has 2 aromatic carbocycles. The number of anilines is 1. The molecule has 12 heteroatoms. The summed E-state index contributed by atoms with van der Waals surface area (Å²) in [6.07, 6.45) is 4.42. The molecule has 0 aliphatic carbocycles. The zero-order valence-corrected chi connectivity index (χ0v) is 32.5. The highest BCUT2D eigenvalue weighted by atomic mass is 79.9. The number of aliphatic hydroxyl groups excluding tert-OH is 1. The number of nitrogens with one attached hydrogen (secondary N) is 1. The molecule has 286 valence electrons. The maximum Gasteiger partial charge on any atom is 0.313 e. The molecule has 3 amide bonds. The molecule has 3 aliphatic rings. The van der Waals surface area contributed by atoms with Gasteiger partial charge in [0, 0.05) is 43.7 Å². The number of allylic oxidation sites excluding steroid dienone is 1. The minimum atomic E-state index is -1.31. The average Bonchev–Trinajstić information content (AvgIpc) is 3.73. The Balaban J connectivity index is 1.54. The number of alkyl halides is 1. The molecule has 2 bridgehead atoms. The van der Waals surface area contributed by atoms with E-state index < -0.39 is 47.7 Å². The summed E-state index contributed by atoms with van der Waals surface area (Å²) in [7, 11) is 1.51. The van der Waals surface area contributed by atoms with Gasteiger partial charge in [-0.2, -0.15) is 0 Å². The van der Waals surface area contributed by atoms with Crippen LogP contribution in [0.2, 0.25) is 0 Å². The number of benzene rings is 2. The molecule has 8 atom stereocenters. The number of aryl methyl sites for hydroxylation is 2. The van der Waals surface area contributed by atoms with Gasteiger partial charge in [-0.3, -0.25) is 19.2 Å². The van der Waals surface area contributed by atoms with Crippen molar-refractivity contribution in [3.05, 3.63) is 90.5 Å². The van der Waals surface area contributed by atoms with Gasteiger partial charge in [-0.1, -0.05) is 76.6 Å². The number of unbranched alkanes of at least 4 members (excludes halogenated alkanes) is 2. The number of fused-ring (bicyclic) bond motifs is 1. The summed E-state index contributed by atoms with van der Waals surface area (Å²) < 4.78 is 18.6. The lowest BCUT2D eigenvalue weighted by Gasteiger charge is -2.38. The first-order valence-corrected chi connectivity index (χ1v) is 19.3. The molecule has 1 spiro atoms. The normalized spacial score (nSPS) is 25.4. The largest absolute Gasteiger partial charge is 0.455 e. The van der Waals surface area contributed by atoms with Crippen molar-refractivity contribution in [2.24, 2.45) is 11.8 Å². The molecule has 5 rings (SSSR count). The molecule has 3 saturated heterocycles. The van der Waals surface area contributed by atoms with E-state index >= 15 is 4.79 Å². The van der Waals surface area contributed by atoms with Gasteiger partial charge in [0.15, 0.2) is 0 Å². The minimum absolute atomic E-state index is 0.0217. The van der Waals surface area contributed by atoms with Gasteiger partial charge in [-0.25, -0.2) is 0 Å². The van der Waals surface area contributed by atoms with E-state index in [1.54, 1.807) is 22.0 Å². The standard InChI is InChI=1S/C41H52BrN3O8/c1-6-8-20-31(47)43-30(25-51-5)35(28-18-11-9-12-19-28)52-40(50)32-33-38(48)45(22-13-10-14-23-46)37(41(33)24-29(42)36(32)53-41)39(49)44(21-7-2)34-26(3)16-15-17-27(34)4/h6-7,9,11-12,15-19,29-30,32-33,35-37,46H,1-2,8,10,13-14,20-25H2,3-5H3,(H,43,47)/t29?,30-,32-,33+,35-,36-,37-,41+/m1/s1. The fourth-order valence-corrected chi connectivity index (χ4v) is 9.36. The predicted octanol–water partition coefficient (Wildman–Crippen LogP) is 5.11. The number of esters is 1. The number of amides is 3. The number of likely N-dealkylation sites (tertiary alicyclic amines) is 1. The highest BCUT2D eigenvalue weighted by molar-refractivity contribution is 9.09. The SMILES string of the molecule is C=CCCC(=O)N[C@H](COC)[C@H](OC(=O)[C@H]1[C@@H]2O[C@@]3(CC2Br)[C@@H]1C(=O)N(CCCCCO)[C@@H]3C(=O)N(CC=C)c1c(C)cccc1C)c1ccccc1. The van der Waals surface area contributed by atoms with Crippen molar-refractivity contribution < 1.29 is 38.5 Å². The minimum Gasteiger partial charge on any atom is -0.455 e. The number of para-hydroxylation sites is 1. The van der Waals surface area contributed by atoms with Crippen molar-refractivity contribution in [3.8, 4) is 0 Å². The Morgan fingerprint density at radius 3 is 2.45 bits per heavy atom. The van der Waals surface area contributed by atoms with Crippen molar-refractivity contribution in [2.45, 2.75) is 87.1 Å². The van der Waals surface area contributed by atoms with E-state index in [2.05, 4.69) is 34.4 Å². The van der Waals surface area contributed by atoms with Crippen LogP contribution in [0.1, 0.15) is 61.3 Å². The fourth-order valence-electron chi connectivity index (χ4n) is 8.41. The van der Waals surface area contributed by atoms with Gasteiger partial charge in [-0.05, 0) is 62.6 Å². The van der Waals surface area contributed by atoms with Crippen LogP contribution >= 0.6 is 15.9 Å². The Hall–Kier alpha value is -3.84. The van der Waals surface area contributed by atoms with Crippen molar-refractivity contribution >= 4 is 45.3 Å². The van der Waals surface area contributed by atoms with Gasteiger partial charge < -0.3 is 34.4 Å². The lowest BCUT2D eigenvalue weighted by molar-refractivity contribution is -0.163. The van der Waals surface area contributed by atoms with Crippen LogP contribution in [0.15, 0.2) is 73.8 Å². The Morgan fingerprint density at radius 2 is 1.81 bits per heavy atom. The molecule has 0 aromatic heterocycles. The lowest BCUT2D eigenvalue weighted by Crippen LogP contribution is -2.57. The first-order chi connectivity index (χ1) is 25.5. The van der Waals surface area contributed by atoms with Crippen LogP contribution < -0.4 is 10.2 Å². The molecule has 11 nitrogen and oxygen atoms in total. The summed E-state index contributed by atoms with van der Waals surface area (Å²) >= 11 is 3.77. The van der Waals surface area contributed by atoms with Crippen molar-refractivity contribution in [1.29, 1.82) is 0 Å². The molecule has 3 fully saturated rings. The number of nitrogens with zero attached hydrogens (tertiary/aromatic N) is 2. The van der Waals surface area contributed by atoms with Crippen LogP contribution in [0.3, 0.4) is 0 Å². The molecular weight excluding hydrogens is 742 g/mol. The first-order valence-electron chi connectivity index (χ1n) is 18.4. The molecule has 3 aliphatic heterocycles.